The molecule has 41 heteroatoms. The van der Waals surface area contributed by atoms with Gasteiger partial charge in [0.1, 0.15) is 78.6 Å². The molecule has 20 N–H and O–H groups in total. The van der Waals surface area contributed by atoms with Crippen molar-refractivity contribution in [1.29, 1.82) is 0 Å². The number of ether oxygens (including phenoxy) is 9. The summed E-state index contributed by atoms with van der Waals surface area (Å²) in [5, 5.41) is 128. The second-order valence-electron chi connectivity index (χ2n) is 30.8. The van der Waals surface area contributed by atoms with Gasteiger partial charge in [0, 0.05) is 144 Å². The monoisotopic (exact) mass is 1710 g/mol. The highest BCUT2D eigenvalue weighted by Gasteiger charge is 2.48. The van der Waals surface area contributed by atoms with E-state index in [0.717, 1.165) is 44.9 Å². The lowest BCUT2D eigenvalue weighted by atomic mass is 9.97. The Morgan fingerprint density at radius 1 is 0.353 bits per heavy atom. The van der Waals surface area contributed by atoms with E-state index < -0.39 is 141 Å². The van der Waals surface area contributed by atoms with Crippen molar-refractivity contribution < 1.29 is 146 Å². The molecule has 4 aliphatic rings. The van der Waals surface area contributed by atoms with Crippen LogP contribution in [0.2, 0.25) is 0 Å². The first-order chi connectivity index (χ1) is 57.0. The highest BCUT2D eigenvalue weighted by atomic mass is 16.7. The number of nitrogens with zero attached hydrogens (tertiary/aromatic N) is 1. The van der Waals surface area contributed by atoms with Crippen LogP contribution in [0.1, 0.15) is 195 Å². The SMILES string of the molecule is CC(=O)NC1C(OCCCCC(=O)NCCCNC(=O)CCOCC(COCCC(=O)NCCCNC(=O)CCCCOC2OC(CO)C(O)C(O)C2NC(C)=O)(COCCC(=O)NCCCNC(=O)CCCCOC2OC(CO)C(O)C(O)C2NC(C)=O)NC(=O)CCCCCCCCCCC(=O)N2C[C@H](O)C[C@H]2C)OC(CO)C(O)C1O. The van der Waals surface area contributed by atoms with Crippen LogP contribution in [0.25, 0.3) is 0 Å². The molecule has 11 amide bonds. The summed E-state index contributed by atoms with van der Waals surface area (Å²) >= 11 is 0. The predicted molar refractivity (Wildman–Crippen MR) is 423 cm³/mol. The largest absolute Gasteiger partial charge is 0.394 e. The fourth-order valence-electron chi connectivity index (χ4n) is 13.8. The Hall–Kier alpha value is -6.59. The molecule has 686 valence electrons. The van der Waals surface area contributed by atoms with Crippen molar-refractivity contribution in [3.63, 3.8) is 0 Å². The number of hydrogen-bond acceptors (Lipinski definition) is 30. The maximum atomic E-state index is 14.0. The molecule has 0 spiro atoms. The predicted octanol–water partition coefficient (Wildman–Crippen LogP) is -4.80. The second kappa shape index (κ2) is 60.0. The van der Waals surface area contributed by atoms with Crippen LogP contribution in [0.15, 0.2) is 0 Å². The zero-order chi connectivity index (χ0) is 87.5. The summed E-state index contributed by atoms with van der Waals surface area (Å²) in [6.45, 7) is 4.68. The number of unbranched alkanes of at least 4 members (excludes halogenated alkanes) is 10. The third-order valence-corrected chi connectivity index (χ3v) is 20.4. The van der Waals surface area contributed by atoms with Crippen LogP contribution >= 0.6 is 0 Å². The minimum Gasteiger partial charge on any atom is -0.394 e. The summed E-state index contributed by atoms with van der Waals surface area (Å²) < 4.78 is 52.2. The van der Waals surface area contributed by atoms with Gasteiger partial charge in [-0.3, -0.25) is 52.7 Å². The van der Waals surface area contributed by atoms with Gasteiger partial charge in [-0.15, -0.1) is 0 Å². The third-order valence-electron chi connectivity index (χ3n) is 20.4. The zero-order valence-corrected chi connectivity index (χ0v) is 69.7. The Labute approximate surface area is 696 Å². The molecule has 4 rings (SSSR count). The Morgan fingerprint density at radius 2 is 0.630 bits per heavy atom. The molecule has 4 fully saturated rings. The molecular formula is C78H139N11O30. The van der Waals surface area contributed by atoms with Crippen LogP contribution in [0, 0.1) is 0 Å². The van der Waals surface area contributed by atoms with E-state index in [9.17, 15) is 104 Å². The number of likely N-dealkylation sites (tertiary alicyclic amines) is 1. The van der Waals surface area contributed by atoms with Crippen LogP contribution in [0.4, 0.5) is 0 Å². The molecule has 4 aliphatic heterocycles. The molecular weight excluding hydrogens is 1570 g/mol. The van der Waals surface area contributed by atoms with Crippen molar-refractivity contribution in [2.75, 3.05) is 125 Å². The van der Waals surface area contributed by atoms with Gasteiger partial charge < -0.3 is 152 Å². The number of hydrogen-bond donors (Lipinski definition) is 20. The topological polar surface area (TPSA) is 597 Å². The van der Waals surface area contributed by atoms with Gasteiger partial charge in [-0.1, -0.05) is 38.5 Å². The lowest BCUT2D eigenvalue weighted by Gasteiger charge is -2.42. The van der Waals surface area contributed by atoms with Gasteiger partial charge in [0.2, 0.25) is 65.0 Å². The van der Waals surface area contributed by atoms with Crippen molar-refractivity contribution in [2.45, 2.75) is 304 Å². The molecule has 4 heterocycles. The molecule has 0 aliphatic carbocycles. The zero-order valence-electron chi connectivity index (χ0n) is 69.7. The van der Waals surface area contributed by atoms with Crippen LogP contribution in [-0.4, -0.2) is 356 Å². The fraction of sp³-hybridized carbons (Fsp3) is 0.859. The summed E-state index contributed by atoms with van der Waals surface area (Å²) in [5.41, 5.74) is -1.42. The number of β-amino-alcohol motifs (C(OH)–C–C–N with tert-alkyl or cyclic N) is 1. The molecule has 119 heavy (non-hydrogen) atoms. The van der Waals surface area contributed by atoms with Gasteiger partial charge in [-0.2, -0.15) is 0 Å². The molecule has 0 aromatic carbocycles. The van der Waals surface area contributed by atoms with Crippen molar-refractivity contribution in [3.8, 4) is 0 Å². The maximum absolute atomic E-state index is 14.0. The summed E-state index contributed by atoms with van der Waals surface area (Å²) in [5.74, 6) is -3.66. The van der Waals surface area contributed by atoms with Crippen LogP contribution < -0.4 is 53.2 Å². The summed E-state index contributed by atoms with van der Waals surface area (Å²) in [6.07, 6.45) is -4.77. The normalized spacial score (nSPS) is 25.4. The number of nitrogens with one attached hydrogen (secondary N) is 10. The lowest BCUT2D eigenvalue weighted by Crippen LogP contribution is -2.64. The van der Waals surface area contributed by atoms with E-state index in [2.05, 4.69) is 53.2 Å². The van der Waals surface area contributed by atoms with E-state index in [0.29, 0.717) is 83.6 Å². The number of aliphatic hydroxyl groups is 10. The molecule has 0 aromatic heterocycles. The molecule has 0 aromatic rings. The van der Waals surface area contributed by atoms with Crippen LogP contribution in [-0.2, 0) is 95.4 Å². The highest BCUT2D eigenvalue weighted by Crippen LogP contribution is 2.27. The molecule has 17 atom stereocenters. The number of carbonyl (C=O) groups is 11. The van der Waals surface area contributed by atoms with Crippen LogP contribution in [0.5, 0.6) is 0 Å². The summed E-state index contributed by atoms with van der Waals surface area (Å²) in [6, 6.07) is -3.26. The van der Waals surface area contributed by atoms with Crippen molar-refractivity contribution in [2.24, 2.45) is 0 Å². The van der Waals surface area contributed by atoms with Gasteiger partial charge in [-0.25, -0.2) is 0 Å². The van der Waals surface area contributed by atoms with Crippen molar-refractivity contribution in [3.05, 3.63) is 0 Å². The molecule has 15 unspecified atom stereocenters. The Bertz CT molecular complexity index is 2730. The first-order valence-corrected chi connectivity index (χ1v) is 42.2. The van der Waals surface area contributed by atoms with Crippen LogP contribution in [0.3, 0.4) is 0 Å². The summed E-state index contributed by atoms with van der Waals surface area (Å²) in [7, 11) is 0. The first kappa shape index (κ1) is 105. The van der Waals surface area contributed by atoms with E-state index in [1.807, 2.05) is 6.92 Å². The first-order valence-electron chi connectivity index (χ1n) is 42.2. The van der Waals surface area contributed by atoms with E-state index in [-0.39, 0.29) is 197 Å². The summed E-state index contributed by atoms with van der Waals surface area (Å²) in [4.78, 5) is 141. The average molecular weight is 1710 g/mol. The standard InChI is InChI=1S/C78H139N11O30/c1-50-42-54(96)43-89(50)65(104)26-12-10-8-6-5-7-9-11-25-64(103)88-78(47-111-39-27-61(100)82-33-19-30-79-58(97)22-13-16-36-114-75-66(85-51(2)93)72(108)69(105)55(44-90)117-75,48-112-40-28-62(101)83-34-20-31-80-59(98)23-14-17-37-115-76-67(86-52(3)94)73(109)70(106)56(45-91)118-76)49-113-41-29-63(102)84-35-21-32-81-60(99)24-15-18-38-116-77-68(87-53(4)95)74(110)71(107)57(46-92)119-77/h50,54-57,66-77,90-92,96,105-110H,5-49H2,1-4H3,(H,79,97)(H,80,98)(H,81,99)(H,82,100)(H,83,101)(H,84,102)(H,85,93)(H,86,94)(H,87,95)(H,88,103)/t50-,54-,55?,56?,57?,66?,67?,68?,69?,70?,71?,72?,73?,74?,75?,76?,77?,78?/m1/s1. The number of carbonyl (C=O) groups excluding carboxylic acids is 11. The number of rotatable bonds is 63. The van der Waals surface area contributed by atoms with Crippen molar-refractivity contribution in [1.82, 2.24) is 58.1 Å². The minimum atomic E-state index is -1.46. The van der Waals surface area contributed by atoms with Gasteiger partial charge in [0.05, 0.1) is 65.6 Å². The molecule has 0 bridgehead atoms. The van der Waals surface area contributed by atoms with Crippen molar-refractivity contribution >= 4 is 65.0 Å². The van der Waals surface area contributed by atoms with Gasteiger partial charge >= 0.3 is 0 Å². The van der Waals surface area contributed by atoms with Gasteiger partial charge in [0.25, 0.3) is 0 Å². The van der Waals surface area contributed by atoms with E-state index in [1.165, 1.54) is 20.8 Å². The van der Waals surface area contributed by atoms with Gasteiger partial charge in [-0.05, 0) is 84.0 Å². The molecule has 4 saturated heterocycles. The average Bonchev–Trinajstić information content (AvgIpc) is 1.51. The lowest BCUT2D eigenvalue weighted by molar-refractivity contribution is -0.270. The third kappa shape index (κ3) is 42.4. The molecule has 41 nitrogen and oxygen atoms in total. The Kier molecular flexibility index (Phi) is 52.8. The fourth-order valence-corrected chi connectivity index (χ4v) is 13.8. The van der Waals surface area contributed by atoms with E-state index >= 15 is 0 Å². The Morgan fingerprint density at radius 3 is 0.916 bits per heavy atom. The molecule has 0 radical (unpaired) electrons. The Balaban J connectivity index is 1.29. The molecule has 0 saturated carbocycles. The van der Waals surface area contributed by atoms with E-state index in [4.69, 9.17) is 42.6 Å². The number of aliphatic hydroxyl groups excluding tert-OH is 10. The van der Waals surface area contributed by atoms with Gasteiger partial charge in [0.15, 0.2) is 18.9 Å². The highest BCUT2D eigenvalue weighted by molar-refractivity contribution is 5.79. The smallest absolute Gasteiger partial charge is 0.222 e. The quantitative estimate of drug-likeness (QED) is 0.0254. The van der Waals surface area contributed by atoms with E-state index in [1.54, 1.807) is 4.90 Å². The number of amides is 11. The second-order valence-corrected chi connectivity index (χ2v) is 30.8. The minimum absolute atomic E-state index is 0.0269. The maximum Gasteiger partial charge on any atom is 0.222 e.